The number of hydrogen-bond acceptors (Lipinski definition) is 4. The van der Waals surface area contributed by atoms with Crippen LogP contribution in [-0.4, -0.2) is 9.97 Å². The molecule has 0 radical (unpaired) electrons. The second-order valence-electron chi connectivity index (χ2n) is 5.84. The van der Waals surface area contributed by atoms with Crippen LogP contribution in [0, 0.1) is 23.2 Å². The van der Waals surface area contributed by atoms with E-state index in [1.54, 1.807) is 6.20 Å². The van der Waals surface area contributed by atoms with E-state index >= 15 is 0 Å². The van der Waals surface area contributed by atoms with Crippen molar-refractivity contribution in [1.82, 2.24) is 9.97 Å². The standard InChI is InChI=1S/C17H20N4/c1-2-14-10-12-5-8-17(14,9-6-12)7-3-4-13-11-20-16(19)21-15(13)18/h2,5,8,11-12H,6-7,9-10H2,1H3,(H4,18,19,20,21)/b14-2+. The van der Waals surface area contributed by atoms with Gasteiger partial charge in [-0.25, -0.2) is 4.98 Å². The smallest absolute Gasteiger partial charge is 0.221 e. The topological polar surface area (TPSA) is 77.8 Å². The normalized spacial score (nSPS) is 28.4. The third kappa shape index (κ3) is 2.52. The molecular formula is C17H20N4. The highest BCUT2D eigenvalue weighted by molar-refractivity contribution is 5.51. The lowest BCUT2D eigenvalue weighted by Crippen LogP contribution is -2.31. The number of aromatic nitrogens is 2. The zero-order chi connectivity index (χ0) is 14.9. The van der Waals surface area contributed by atoms with Gasteiger partial charge in [0.1, 0.15) is 5.82 Å². The number of nitrogen functional groups attached to an aromatic ring is 2. The Labute approximate surface area is 125 Å². The molecule has 0 spiro atoms. The van der Waals surface area contributed by atoms with Crippen LogP contribution in [0.15, 0.2) is 30.0 Å². The average Bonchev–Trinajstić information content (AvgIpc) is 2.50. The molecule has 0 amide bonds. The summed E-state index contributed by atoms with van der Waals surface area (Å²) in [5.41, 5.74) is 13.6. The van der Waals surface area contributed by atoms with E-state index in [0.717, 1.165) is 12.3 Å². The van der Waals surface area contributed by atoms with Gasteiger partial charge >= 0.3 is 0 Å². The van der Waals surface area contributed by atoms with Crippen LogP contribution in [0.3, 0.4) is 0 Å². The highest BCUT2D eigenvalue weighted by Gasteiger charge is 2.39. The minimum atomic E-state index is 0.125. The molecule has 108 valence electrons. The fourth-order valence-electron chi connectivity index (χ4n) is 3.34. The maximum absolute atomic E-state index is 5.81. The summed E-state index contributed by atoms with van der Waals surface area (Å²) in [5, 5.41) is 0. The molecular weight excluding hydrogens is 260 g/mol. The molecule has 4 N–H and O–H groups in total. The van der Waals surface area contributed by atoms with Gasteiger partial charge in [-0.3, -0.25) is 0 Å². The second-order valence-corrected chi connectivity index (χ2v) is 5.84. The van der Waals surface area contributed by atoms with Crippen molar-refractivity contribution in [1.29, 1.82) is 0 Å². The summed E-state index contributed by atoms with van der Waals surface area (Å²) in [6, 6.07) is 0. The Kier molecular flexibility index (Phi) is 3.42. The Morgan fingerprint density at radius 1 is 1.48 bits per heavy atom. The number of fused-ring (bicyclic) bond motifs is 2. The van der Waals surface area contributed by atoms with Crippen molar-refractivity contribution in [2.45, 2.75) is 32.6 Å². The summed E-state index contributed by atoms with van der Waals surface area (Å²) in [4.78, 5) is 7.87. The predicted molar refractivity (Wildman–Crippen MR) is 85.0 cm³/mol. The van der Waals surface area contributed by atoms with E-state index in [9.17, 15) is 0 Å². The summed E-state index contributed by atoms with van der Waals surface area (Å²) in [7, 11) is 0. The Morgan fingerprint density at radius 3 is 3.00 bits per heavy atom. The molecule has 4 nitrogen and oxygen atoms in total. The van der Waals surface area contributed by atoms with Crippen molar-refractivity contribution in [3.05, 3.63) is 35.6 Å². The van der Waals surface area contributed by atoms with Crippen LogP contribution >= 0.6 is 0 Å². The Morgan fingerprint density at radius 2 is 2.33 bits per heavy atom. The molecule has 0 aromatic carbocycles. The average molecular weight is 280 g/mol. The van der Waals surface area contributed by atoms with Gasteiger partial charge in [0.05, 0.1) is 11.8 Å². The van der Waals surface area contributed by atoms with Crippen LogP contribution in [-0.2, 0) is 0 Å². The van der Waals surface area contributed by atoms with Crippen LogP contribution in [0.1, 0.15) is 38.2 Å². The van der Waals surface area contributed by atoms with Crippen LogP contribution in [0.2, 0.25) is 0 Å². The van der Waals surface area contributed by atoms with E-state index in [-0.39, 0.29) is 11.4 Å². The van der Waals surface area contributed by atoms with Crippen molar-refractivity contribution in [2.75, 3.05) is 11.5 Å². The van der Waals surface area contributed by atoms with E-state index < -0.39 is 0 Å². The summed E-state index contributed by atoms with van der Waals surface area (Å²) in [5.74, 6) is 7.62. The lowest BCUT2D eigenvalue weighted by molar-refractivity contribution is 0.289. The van der Waals surface area contributed by atoms with Gasteiger partial charge in [0.15, 0.2) is 0 Å². The van der Waals surface area contributed by atoms with Gasteiger partial charge in [0.2, 0.25) is 5.95 Å². The van der Waals surface area contributed by atoms with Crippen molar-refractivity contribution in [3.63, 3.8) is 0 Å². The zero-order valence-electron chi connectivity index (χ0n) is 12.3. The van der Waals surface area contributed by atoms with Gasteiger partial charge in [-0.2, -0.15) is 4.98 Å². The quantitative estimate of drug-likeness (QED) is 0.612. The Bertz CT molecular complexity index is 678. The van der Waals surface area contributed by atoms with E-state index in [4.69, 9.17) is 11.5 Å². The second kappa shape index (κ2) is 5.25. The Hall–Kier alpha value is -2.28. The maximum Gasteiger partial charge on any atom is 0.221 e. The molecule has 1 aromatic rings. The lowest BCUT2D eigenvalue weighted by Gasteiger charge is -2.43. The molecule has 4 rings (SSSR count). The first-order valence-corrected chi connectivity index (χ1v) is 7.35. The fraction of sp³-hybridized carbons (Fsp3) is 0.412. The number of allylic oxidation sites excluding steroid dienone is 4. The van der Waals surface area contributed by atoms with Gasteiger partial charge in [0.25, 0.3) is 0 Å². The Balaban J connectivity index is 1.83. The maximum atomic E-state index is 5.81. The number of anilines is 2. The summed E-state index contributed by atoms with van der Waals surface area (Å²) in [6.45, 7) is 2.13. The third-order valence-electron chi connectivity index (χ3n) is 4.58. The van der Waals surface area contributed by atoms with E-state index in [1.165, 1.54) is 24.8 Å². The third-order valence-corrected chi connectivity index (χ3v) is 4.58. The van der Waals surface area contributed by atoms with Crippen molar-refractivity contribution in [2.24, 2.45) is 11.3 Å². The molecule has 2 atom stereocenters. The highest BCUT2D eigenvalue weighted by atomic mass is 15.0. The summed E-state index contributed by atoms with van der Waals surface area (Å²) >= 11 is 0. The van der Waals surface area contributed by atoms with Crippen molar-refractivity contribution in [3.8, 4) is 11.8 Å². The lowest BCUT2D eigenvalue weighted by atomic mass is 9.61. The molecule has 2 bridgehead atoms. The first-order chi connectivity index (χ1) is 10.1. The molecule has 3 aliphatic carbocycles. The molecule has 3 aliphatic rings. The van der Waals surface area contributed by atoms with Crippen LogP contribution in [0.25, 0.3) is 0 Å². The van der Waals surface area contributed by atoms with Crippen LogP contribution < -0.4 is 11.5 Å². The van der Waals surface area contributed by atoms with Crippen molar-refractivity contribution >= 4 is 11.8 Å². The number of rotatable bonds is 1. The summed E-state index contributed by atoms with van der Waals surface area (Å²) < 4.78 is 0. The van der Waals surface area contributed by atoms with Gasteiger partial charge in [-0.1, -0.05) is 35.6 Å². The van der Waals surface area contributed by atoms with Crippen LogP contribution in [0.5, 0.6) is 0 Å². The molecule has 2 unspecified atom stereocenters. The zero-order valence-corrected chi connectivity index (χ0v) is 12.3. The van der Waals surface area contributed by atoms with Gasteiger partial charge < -0.3 is 11.5 Å². The first kappa shape index (κ1) is 13.7. The highest BCUT2D eigenvalue weighted by Crippen LogP contribution is 2.51. The van der Waals surface area contributed by atoms with Crippen molar-refractivity contribution < 1.29 is 0 Å². The van der Waals surface area contributed by atoms with E-state index in [2.05, 4.69) is 47.0 Å². The number of hydrogen-bond donors (Lipinski definition) is 2. The minimum Gasteiger partial charge on any atom is -0.382 e. The molecule has 21 heavy (non-hydrogen) atoms. The molecule has 1 aromatic heterocycles. The largest absolute Gasteiger partial charge is 0.382 e. The van der Waals surface area contributed by atoms with Gasteiger partial charge in [0, 0.05) is 11.8 Å². The molecule has 1 heterocycles. The molecule has 0 saturated heterocycles. The molecule has 4 heteroatoms. The first-order valence-electron chi connectivity index (χ1n) is 7.35. The van der Waals surface area contributed by atoms with Gasteiger partial charge in [-0.05, 0) is 32.1 Å². The molecule has 1 saturated carbocycles. The van der Waals surface area contributed by atoms with Crippen LogP contribution in [0.4, 0.5) is 11.8 Å². The predicted octanol–water partition coefficient (Wildman–Crippen LogP) is 2.69. The van der Waals surface area contributed by atoms with Gasteiger partial charge in [-0.15, -0.1) is 0 Å². The van der Waals surface area contributed by atoms with E-state index in [1.807, 2.05) is 0 Å². The molecule has 1 fully saturated rings. The van der Waals surface area contributed by atoms with E-state index in [0.29, 0.717) is 11.4 Å². The number of nitrogens with two attached hydrogens (primary N) is 2. The summed E-state index contributed by atoms with van der Waals surface area (Å²) in [6.07, 6.45) is 13.0. The minimum absolute atomic E-state index is 0.125. The monoisotopic (exact) mass is 280 g/mol. The number of nitrogens with zero attached hydrogens (tertiary/aromatic N) is 2. The molecule has 0 aliphatic heterocycles. The SMILES string of the molecule is C/C=C1\CC2C=CC1(CC#Cc1cnc(N)nc1N)CC2. The fourth-order valence-corrected chi connectivity index (χ4v) is 3.34.